The lowest BCUT2D eigenvalue weighted by Crippen LogP contribution is -2.59. The van der Waals surface area contributed by atoms with Crippen LogP contribution in [0.1, 0.15) is 38.5 Å². The highest BCUT2D eigenvalue weighted by Gasteiger charge is 2.50. The summed E-state index contributed by atoms with van der Waals surface area (Å²) in [5, 5.41) is 3.93. The first-order valence-corrected chi connectivity index (χ1v) is 8.21. The highest BCUT2D eigenvalue weighted by molar-refractivity contribution is 6.02. The Morgan fingerprint density at radius 2 is 1.80 bits per heavy atom. The van der Waals surface area contributed by atoms with Gasteiger partial charge in [0, 0.05) is 17.7 Å². The van der Waals surface area contributed by atoms with Crippen LogP contribution in [0.3, 0.4) is 0 Å². The van der Waals surface area contributed by atoms with E-state index in [0.29, 0.717) is 5.54 Å². The van der Waals surface area contributed by atoms with Gasteiger partial charge in [0.1, 0.15) is 0 Å². The van der Waals surface area contributed by atoms with Crippen LogP contribution >= 0.6 is 0 Å². The third kappa shape index (κ3) is 1.70. The van der Waals surface area contributed by atoms with Crippen molar-refractivity contribution < 1.29 is 0 Å². The molecule has 0 spiro atoms. The van der Waals surface area contributed by atoms with Crippen molar-refractivity contribution in [3.05, 3.63) is 35.6 Å². The van der Waals surface area contributed by atoms with Crippen LogP contribution in [0.2, 0.25) is 0 Å². The van der Waals surface area contributed by atoms with Gasteiger partial charge in [-0.05, 0) is 68.4 Å². The maximum Gasteiger partial charge on any atom is 0.0706 e. The van der Waals surface area contributed by atoms with E-state index >= 15 is 0 Å². The highest BCUT2D eigenvalue weighted by Crippen LogP contribution is 2.55. The van der Waals surface area contributed by atoms with Crippen molar-refractivity contribution in [1.29, 1.82) is 0 Å². The van der Waals surface area contributed by atoms with Crippen molar-refractivity contribution >= 4 is 5.71 Å². The van der Waals surface area contributed by atoms with Gasteiger partial charge in [-0.25, -0.2) is 0 Å². The predicted molar refractivity (Wildman–Crippen MR) is 81.6 cm³/mol. The van der Waals surface area contributed by atoms with Gasteiger partial charge in [-0.3, -0.25) is 4.99 Å². The average molecular weight is 266 g/mol. The monoisotopic (exact) mass is 266 g/mol. The fraction of sp³-hybridized carbons (Fsp3) is 0.611. The summed E-state index contributed by atoms with van der Waals surface area (Å²) < 4.78 is 0. The van der Waals surface area contributed by atoms with E-state index in [2.05, 4.69) is 29.6 Å². The molecule has 6 rings (SSSR count). The first-order valence-electron chi connectivity index (χ1n) is 8.21. The Hall–Kier alpha value is -1.15. The molecule has 0 aromatic carbocycles. The van der Waals surface area contributed by atoms with Gasteiger partial charge in [0.15, 0.2) is 0 Å². The summed E-state index contributed by atoms with van der Waals surface area (Å²) in [5.41, 5.74) is 4.14. The van der Waals surface area contributed by atoms with Crippen LogP contribution in [0.4, 0.5) is 0 Å². The predicted octanol–water partition coefficient (Wildman–Crippen LogP) is 3.38. The zero-order chi connectivity index (χ0) is 13.2. The van der Waals surface area contributed by atoms with Crippen LogP contribution < -0.4 is 5.32 Å². The van der Waals surface area contributed by atoms with E-state index in [-0.39, 0.29) is 0 Å². The van der Waals surface area contributed by atoms with Gasteiger partial charge in [0.05, 0.1) is 11.4 Å². The maximum absolute atomic E-state index is 4.73. The molecule has 4 fully saturated rings. The molecule has 0 aromatic rings. The summed E-state index contributed by atoms with van der Waals surface area (Å²) in [6.45, 7) is 0.959. The Balaban J connectivity index is 1.31. The molecule has 4 bridgehead atoms. The molecule has 6 aliphatic rings. The number of rotatable bonds is 3. The summed E-state index contributed by atoms with van der Waals surface area (Å²) >= 11 is 0. The normalized spacial score (nSPS) is 43.6. The maximum atomic E-state index is 4.73. The van der Waals surface area contributed by atoms with Gasteiger partial charge in [0.2, 0.25) is 0 Å². The minimum atomic E-state index is 0.456. The lowest BCUT2D eigenvalue weighted by Gasteiger charge is -2.57. The van der Waals surface area contributed by atoms with E-state index in [0.717, 1.165) is 30.0 Å². The Morgan fingerprint density at radius 1 is 1.10 bits per heavy atom. The number of allylic oxidation sites excluding steroid dienone is 3. The van der Waals surface area contributed by atoms with Crippen molar-refractivity contribution in [3.8, 4) is 0 Å². The number of aliphatic imine (C=N–C) groups is 1. The molecule has 0 atom stereocenters. The van der Waals surface area contributed by atoms with Gasteiger partial charge < -0.3 is 5.32 Å². The number of fused-ring (bicyclic) bond motifs is 1. The quantitative estimate of drug-likeness (QED) is 0.832. The van der Waals surface area contributed by atoms with Crippen LogP contribution in [0.15, 0.2) is 40.6 Å². The Kier molecular flexibility index (Phi) is 2.27. The fourth-order valence-corrected chi connectivity index (χ4v) is 5.71. The van der Waals surface area contributed by atoms with E-state index in [1.807, 2.05) is 0 Å². The Labute approximate surface area is 120 Å². The highest BCUT2D eigenvalue weighted by atomic mass is 15.0. The van der Waals surface area contributed by atoms with Crippen LogP contribution in [0.5, 0.6) is 0 Å². The van der Waals surface area contributed by atoms with Gasteiger partial charge in [-0.1, -0.05) is 12.2 Å². The molecule has 2 nitrogen and oxygen atoms in total. The van der Waals surface area contributed by atoms with Crippen molar-refractivity contribution in [3.63, 3.8) is 0 Å². The van der Waals surface area contributed by atoms with Crippen molar-refractivity contribution in [1.82, 2.24) is 5.32 Å². The fourth-order valence-electron chi connectivity index (χ4n) is 5.71. The van der Waals surface area contributed by atoms with Crippen molar-refractivity contribution in [2.24, 2.45) is 22.7 Å². The molecule has 0 unspecified atom stereocenters. The first kappa shape index (κ1) is 11.5. The van der Waals surface area contributed by atoms with E-state index in [1.165, 1.54) is 49.8 Å². The van der Waals surface area contributed by atoms with E-state index in [9.17, 15) is 0 Å². The second kappa shape index (κ2) is 3.94. The smallest absolute Gasteiger partial charge is 0.0706 e. The minimum absolute atomic E-state index is 0.456. The zero-order valence-corrected chi connectivity index (χ0v) is 11.9. The van der Waals surface area contributed by atoms with Gasteiger partial charge in [-0.15, -0.1) is 0 Å². The van der Waals surface area contributed by atoms with Crippen molar-refractivity contribution in [2.75, 3.05) is 6.54 Å². The van der Waals surface area contributed by atoms with E-state index < -0.39 is 0 Å². The molecule has 0 radical (unpaired) electrons. The lowest BCUT2D eigenvalue weighted by atomic mass is 9.53. The molecule has 1 aliphatic heterocycles. The van der Waals surface area contributed by atoms with Crippen LogP contribution in [0, 0.1) is 17.8 Å². The molecule has 0 saturated heterocycles. The first-order chi connectivity index (χ1) is 9.78. The molecular formula is C18H22N2. The summed E-state index contributed by atoms with van der Waals surface area (Å²) in [7, 11) is 0. The van der Waals surface area contributed by atoms with Gasteiger partial charge in [-0.2, -0.15) is 0 Å². The second-order valence-corrected chi connectivity index (χ2v) is 7.67. The standard InChI is InChI=1S/C18H22N2/c1-2-15-7-16(20-17(15)3-1)11-19-18-8-12-4-13(9-18)6-14(5-12)10-18/h1-3,7,12-14,19H,4-6,8-11H2. The lowest BCUT2D eigenvalue weighted by molar-refractivity contribution is -0.0173. The third-order valence-corrected chi connectivity index (χ3v) is 6.09. The van der Waals surface area contributed by atoms with Crippen LogP contribution in [-0.4, -0.2) is 17.8 Å². The van der Waals surface area contributed by atoms with E-state index in [4.69, 9.17) is 4.99 Å². The van der Waals surface area contributed by atoms with Crippen LogP contribution in [-0.2, 0) is 0 Å². The van der Waals surface area contributed by atoms with Gasteiger partial charge in [0.25, 0.3) is 0 Å². The summed E-state index contributed by atoms with van der Waals surface area (Å²) in [5.74, 6) is 3.05. The topological polar surface area (TPSA) is 24.4 Å². The molecule has 20 heavy (non-hydrogen) atoms. The number of nitrogens with zero attached hydrogens (tertiary/aromatic N) is 1. The molecule has 0 amide bonds. The number of nitrogens with one attached hydrogen (secondary N) is 1. The molecule has 5 aliphatic carbocycles. The minimum Gasteiger partial charge on any atom is -0.306 e. The summed E-state index contributed by atoms with van der Waals surface area (Å²) in [6.07, 6.45) is 17.4. The molecule has 1 heterocycles. The third-order valence-electron chi connectivity index (χ3n) is 6.09. The van der Waals surface area contributed by atoms with Gasteiger partial charge >= 0.3 is 0 Å². The SMILES string of the molecule is C1=CC2=CC(CNC34CC5CC(CC(C5)C3)C4)=NC2=C1. The molecule has 0 aromatic heterocycles. The molecular weight excluding hydrogens is 244 g/mol. The number of hydrogen-bond donors (Lipinski definition) is 1. The van der Waals surface area contributed by atoms with E-state index in [1.54, 1.807) is 0 Å². The molecule has 104 valence electrons. The Bertz CT molecular complexity index is 541. The van der Waals surface area contributed by atoms with Crippen molar-refractivity contribution in [2.45, 2.75) is 44.1 Å². The summed E-state index contributed by atoms with van der Waals surface area (Å²) in [6, 6.07) is 0. The second-order valence-electron chi connectivity index (χ2n) is 7.67. The van der Waals surface area contributed by atoms with Crippen LogP contribution in [0.25, 0.3) is 0 Å². The Morgan fingerprint density at radius 3 is 2.45 bits per heavy atom. The average Bonchev–Trinajstić information content (AvgIpc) is 2.95. The zero-order valence-electron chi connectivity index (χ0n) is 11.9. The summed E-state index contributed by atoms with van der Waals surface area (Å²) in [4.78, 5) is 4.73. The molecule has 4 saturated carbocycles. The number of hydrogen-bond acceptors (Lipinski definition) is 2. The largest absolute Gasteiger partial charge is 0.306 e. The molecule has 2 heteroatoms. The molecule has 1 N–H and O–H groups in total.